The Morgan fingerprint density at radius 3 is 2.47 bits per heavy atom. The Bertz CT molecular complexity index is 306. The maximum Gasteiger partial charge on any atom is 0.152 e. The molecule has 0 saturated carbocycles. The minimum atomic E-state index is -2.77. The van der Waals surface area contributed by atoms with Crippen molar-refractivity contribution in [2.45, 2.75) is 13.8 Å². The molecule has 1 aliphatic heterocycles. The quantitative estimate of drug-likeness (QED) is 0.394. The molecule has 0 atom stereocenters. The first-order chi connectivity index (χ1) is 6.99. The van der Waals surface area contributed by atoms with Gasteiger partial charge in [-0.1, -0.05) is 5.16 Å². The maximum absolute atomic E-state index is 11.1. The molecular weight excluding hydrogens is 216 g/mol. The van der Waals surface area contributed by atoms with E-state index in [1.165, 1.54) is 0 Å². The Morgan fingerprint density at radius 1 is 1.33 bits per heavy atom. The Morgan fingerprint density at radius 2 is 1.93 bits per heavy atom. The summed E-state index contributed by atoms with van der Waals surface area (Å²) in [4.78, 5) is 7.13. The highest BCUT2D eigenvalue weighted by Crippen LogP contribution is 2.02. The van der Waals surface area contributed by atoms with Gasteiger partial charge in [0.25, 0.3) is 0 Å². The van der Waals surface area contributed by atoms with Crippen molar-refractivity contribution >= 4 is 15.5 Å². The molecule has 0 aromatic heterocycles. The minimum absolute atomic E-state index is 0.267. The van der Waals surface area contributed by atoms with Crippen LogP contribution in [0.4, 0.5) is 0 Å². The minimum Gasteiger partial charge on any atom is -0.395 e. The fourth-order valence-corrected chi connectivity index (χ4v) is 2.60. The highest BCUT2D eigenvalue weighted by Gasteiger charge is 2.20. The van der Waals surface area contributed by atoms with Crippen LogP contribution < -0.4 is 0 Å². The van der Waals surface area contributed by atoms with E-state index in [4.69, 9.17) is 4.84 Å². The van der Waals surface area contributed by atoms with Crippen LogP contribution in [0.15, 0.2) is 5.16 Å². The van der Waals surface area contributed by atoms with Gasteiger partial charge in [-0.05, 0) is 13.8 Å². The van der Waals surface area contributed by atoms with E-state index in [-0.39, 0.29) is 11.5 Å². The van der Waals surface area contributed by atoms with Crippen LogP contribution in [-0.4, -0.2) is 56.8 Å². The zero-order chi connectivity index (χ0) is 11.3. The van der Waals surface area contributed by atoms with E-state index < -0.39 is 9.84 Å². The molecule has 0 aliphatic carbocycles. The van der Waals surface area contributed by atoms with Crippen molar-refractivity contribution in [1.82, 2.24) is 4.90 Å². The van der Waals surface area contributed by atoms with Gasteiger partial charge >= 0.3 is 0 Å². The molecule has 0 amide bonds. The van der Waals surface area contributed by atoms with Crippen LogP contribution in [0, 0.1) is 0 Å². The van der Waals surface area contributed by atoms with Crippen LogP contribution in [0.25, 0.3) is 0 Å². The molecule has 88 valence electrons. The topological polar surface area (TPSA) is 59.0 Å². The lowest BCUT2D eigenvalue weighted by Gasteiger charge is -2.25. The van der Waals surface area contributed by atoms with E-state index in [1.54, 1.807) is 0 Å². The molecular formula is C9H18N2O3S. The van der Waals surface area contributed by atoms with Gasteiger partial charge < -0.3 is 4.84 Å². The lowest BCUT2D eigenvalue weighted by molar-refractivity contribution is 0.113. The SMILES string of the molecule is CC(C)=NOCCN1CCS(=O)(=O)CC1. The van der Waals surface area contributed by atoms with Crippen molar-refractivity contribution in [3.8, 4) is 0 Å². The number of nitrogens with zero attached hydrogens (tertiary/aromatic N) is 2. The summed E-state index contributed by atoms with van der Waals surface area (Å²) in [5, 5.41) is 3.81. The molecule has 0 radical (unpaired) electrons. The lowest BCUT2D eigenvalue weighted by Crippen LogP contribution is -2.41. The van der Waals surface area contributed by atoms with Crippen LogP contribution in [0.5, 0.6) is 0 Å². The predicted octanol–water partition coefficient (Wildman–Crippen LogP) is 0.129. The molecule has 1 aliphatic rings. The van der Waals surface area contributed by atoms with Gasteiger partial charge in [0, 0.05) is 19.6 Å². The van der Waals surface area contributed by atoms with Gasteiger partial charge in [-0.2, -0.15) is 0 Å². The Hall–Kier alpha value is -0.620. The molecule has 0 unspecified atom stereocenters. The monoisotopic (exact) mass is 234 g/mol. The van der Waals surface area contributed by atoms with Gasteiger partial charge in [0.05, 0.1) is 17.2 Å². The van der Waals surface area contributed by atoms with Crippen LogP contribution in [0.2, 0.25) is 0 Å². The number of hydrogen-bond donors (Lipinski definition) is 0. The maximum atomic E-state index is 11.1. The summed E-state index contributed by atoms with van der Waals surface area (Å²) >= 11 is 0. The fourth-order valence-electron chi connectivity index (χ4n) is 1.32. The van der Waals surface area contributed by atoms with Gasteiger partial charge in [-0.15, -0.1) is 0 Å². The van der Waals surface area contributed by atoms with E-state index in [0.717, 1.165) is 12.3 Å². The lowest BCUT2D eigenvalue weighted by atomic mass is 10.5. The summed E-state index contributed by atoms with van der Waals surface area (Å²) in [7, 11) is -2.77. The van der Waals surface area contributed by atoms with Crippen molar-refractivity contribution in [1.29, 1.82) is 0 Å². The third kappa shape index (κ3) is 5.13. The Labute approximate surface area is 91.0 Å². The first-order valence-electron chi connectivity index (χ1n) is 5.05. The van der Waals surface area contributed by atoms with Crippen molar-refractivity contribution in [3.63, 3.8) is 0 Å². The number of hydrogen-bond acceptors (Lipinski definition) is 5. The second kappa shape index (κ2) is 5.46. The van der Waals surface area contributed by atoms with Gasteiger partial charge in [0.1, 0.15) is 6.61 Å². The highest BCUT2D eigenvalue weighted by molar-refractivity contribution is 7.91. The molecule has 1 saturated heterocycles. The predicted molar refractivity (Wildman–Crippen MR) is 59.8 cm³/mol. The summed E-state index contributed by atoms with van der Waals surface area (Å²) in [5.41, 5.74) is 0.885. The molecule has 0 aromatic carbocycles. The molecule has 0 aromatic rings. The van der Waals surface area contributed by atoms with Gasteiger partial charge in [0.15, 0.2) is 9.84 Å². The van der Waals surface area contributed by atoms with Crippen LogP contribution in [0.3, 0.4) is 0 Å². The largest absolute Gasteiger partial charge is 0.395 e. The Kier molecular flexibility index (Phi) is 4.53. The summed E-state index contributed by atoms with van der Waals surface area (Å²) < 4.78 is 22.3. The van der Waals surface area contributed by atoms with Crippen LogP contribution >= 0.6 is 0 Å². The van der Waals surface area contributed by atoms with Gasteiger partial charge in [0.2, 0.25) is 0 Å². The number of sulfone groups is 1. The summed E-state index contributed by atoms with van der Waals surface area (Å²) in [6.45, 7) is 6.22. The second-order valence-electron chi connectivity index (χ2n) is 3.87. The van der Waals surface area contributed by atoms with Crippen molar-refractivity contribution < 1.29 is 13.3 Å². The zero-order valence-corrected chi connectivity index (χ0v) is 10.1. The standard InChI is InChI=1S/C9H18N2O3S/c1-9(2)10-14-6-3-11-4-7-15(12,13)8-5-11/h3-8H2,1-2H3. The molecule has 15 heavy (non-hydrogen) atoms. The van der Waals surface area contributed by atoms with Gasteiger partial charge in [-0.25, -0.2) is 8.42 Å². The molecule has 1 rings (SSSR count). The summed E-state index contributed by atoms with van der Waals surface area (Å²) in [6, 6.07) is 0. The first kappa shape index (κ1) is 12.4. The van der Waals surface area contributed by atoms with E-state index >= 15 is 0 Å². The highest BCUT2D eigenvalue weighted by atomic mass is 32.2. The normalized spacial score (nSPS) is 20.9. The average Bonchev–Trinajstić information content (AvgIpc) is 2.14. The molecule has 1 fully saturated rings. The van der Waals surface area contributed by atoms with Crippen molar-refractivity contribution in [2.75, 3.05) is 37.7 Å². The zero-order valence-electron chi connectivity index (χ0n) is 9.27. The molecule has 6 heteroatoms. The number of rotatable bonds is 4. The summed E-state index contributed by atoms with van der Waals surface area (Å²) in [6.07, 6.45) is 0. The molecule has 0 spiro atoms. The van der Waals surface area contributed by atoms with Crippen molar-refractivity contribution in [3.05, 3.63) is 0 Å². The van der Waals surface area contributed by atoms with Crippen LogP contribution in [0.1, 0.15) is 13.8 Å². The first-order valence-corrected chi connectivity index (χ1v) is 6.88. The third-order valence-electron chi connectivity index (χ3n) is 2.18. The van der Waals surface area contributed by atoms with Gasteiger partial charge in [-0.3, -0.25) is 4.90 Å². The summed E-state index contributed by atoms with van der Waals surface area (Å²) in [5.74, 6) is 0.534. The van der Waals surface area contributed by atoms with E-state index in [9.17, 15) is 8.42 Å². The average molecular weight is 234 g/mol. The fraction of sp³-hybridized carbons (Fsp3) is 0.889. The van der Waals surface area contributed by atoms with E-state index in [2.05, 4.69) is 10.1 Å². The molecule has 0 N–H and O–H groups in total. The second-order valence-corrected chi connectivity index (χ2v) is 6.17. The molecule has 1 heterocycles. The Balaban J connectivity index is 2.17. The van der Waals surface area contributed by atoms with E-state index in [0.29, 0.717) is 19.7 Å². The number of oxime groups is 1. The third-order valence-corrected chi connectivity index (χ3v) is 3.79. The molecule has 5 nitrogen and oxygen atoms in total. The molecule has 0 bridgehead atoms. The van der Waals surface area contributed by atoms with E-state index in [1.807, 2.05) is 13.8 Å². The smallest absolute Gasteiger partial charge is 0.152 e. The van der Waals surface area contributed by atoms with Crippen LogP contribution in [-0.2, 0) is 14.7 Å². The van der Waals surface area contributed by atoms with Crippen molar-refractivity contribution in [2.24, 2.45) is 5.16 Å².